The van der Waals surface area contributed by atoms with Gasteiger partial charge in [-0.25, -0.2) is 0 Å². The van der Waals surface area contributed by atoms with E-state index in [-0.39, 0.29) is 0 Å². The third kappa shape index (κ3) is 4.42. The first-order valence-corrected chi connectivity index (χ1v) is 8.30. The Morgan fingerprint density at radius 3 is 2.04 bits per heavy atom. The summed E-state index contributed by atoms with van der Waals surface area (Å²) in [4.78, 5) is 0. The predicted molar refractivity (Wildman–Crippen MR) is 97.0 cm³/mol. The fraction of sp³-hybridized carbons (Fsp3) is 0.400. The first-order valence-electron chi connectivity index (χ1n) is 8.30. The molecule has 0 aliphatic heterocycles. The van der Waals surface area contributed by atoms with Gasteiger partial charge in [-0.15, -0.1) is 0 Å². The number of rotatable bonds is 9. The number of hydrogen-bond donors (Lipinski definition) is 1. The van der Waals surface area contributed by atoms with E-state index in [1.807, 2.05) is 18.2 Å². The Kier molecular flexibility index (Phi) is 6.94. The van der Waals surface area contributed by atoms with Gasteiger partial charge in [0.05, 0.1) is 21.3 Å². The third-order valence-corrected chi connectivity index (χ3v) is 4.06. The van der Waals surface area contributed by atoms with Crippen LogP contribution in [0.15, 0.2) is 42.5 Å². The van der Waals surface area contributed by atoms with Crippen LogP contribution in [-0.2, 0) is 6.54 Å². The lowest BCUT2D eigenvalue weighted by atomic mass is 10.0. The van der Waals surface area contributed by atoms with E-state index in [2.05, 4.69) is 36.5 Å². The second kappa shape index (κ2) is 9.18. The van der Waals surface area contributed by atoms with Gasteiger partial charge in [0.1, 0.15) is 0 Å². The summed E-state index contributed by atoms with van der Waals surface area (Å²) in [7, 11) is 4.89. The molecule has 2 aromatic rings. The SMILES string of the molecule is CCCC(NCc1cc(OC)c(OC)c(OC)c1)c1ccccc1. The van der Waals surface area contributed by atoms with E-state index in [1.54, 1.807) is 21.3 Å². The standard InChI is InChI=1S/C20H27NO3/c1-5-9-17(16-10-7-6-8-11-16)21-14-15-12-18(22-2)20(24-4)19(13-15)23-3/h6-8,10-13,17,21H,5,9,14H2,1-4H3. The molecule has 0 heterocycles. The topological polar surface area (TPSA) is 39.7 Å². The van der Waals surface area contributed by atoms with Crippen LogP contribution in [0.3, 0.4) is 0 Å². The summed E-state index contributed by atoms with van der Waals surface area (Å²) < 4.78 is 16.2. The van der Waals surface area contributed by atoms with Gasteiger partial charge in [0.15, 0.2) is 11.5 Å². The molecule has 0 saturated heterocycles. The lowest BCUT2D eigenvalue weighted by molar-refractivity contribution is 0.323. The van der Waals surface area contributed by atoms with Crippen LogP contribution in [0.5, 0.6) is 17.2 Å². The van der Waals surface area contributed by atoms with Gasteiger partial charge in [-0.2, -0.15) is 0 Å². The van der Waals surface area contributed by atoms with Crippen molar-refractivity contribution in [1.29, 1.82) is 0 Å². The largest absolute Gasteiger partial charge is 0.493 e. The van der Waals surface area contributed by atoms with Crippen LogP contribution in [0.25, 0.3) is 0 Å². The predicted octanol–water partition coefficient (Wildman–Crippen LogP) is 4.34. The summed E-state index contributed by atoms with van der Waals surface area (Å²) >= 11 is 0. The highest BCUT2D eigenvalue weighted by atomic mass is 16.5. The lowest BCUT2D eigenvalue weighted by Gasteiger charge is -2.20. The maximum Gasteiger partial charge on any atom is 0.203 e. The van der Waals surface area contributed by atoms with Crippen LogP contribution in [0.4, 0.5) is 0 Å². The van der Waals surface area contributed by atoms with Gasteiger partial charge in [0, 0.05) is 12.6 Å². The first kappa shape index (κ1) is 18.1. The van der Waals surface area contributed by atoms with Crippen molar-refractivity contribution in [2.24, 2.45) is 0 Å². The van der Waals surface area contributed by atoms with Crippen molar-refractivity contribution in [2.75, 3.05) is 21.3 Å². The maximum absolute atomic E-state index is 5.43. The summed E-state index contributed by atoms with van der Waals surface area (Å²) in [5.74, 6) is 1.98. The number of ether oxygens (including phenoxy) is 3. The monoisotopic (exact) mass is 329 g/mol. The third-order valence-electron chi connectivity index (χ3n) is 4.06. The second-order valence-corrected chi connectivity index (χ2v) is 5.67. The molecule has 1 unspecified atom stereocenters. The lowest BCUT2D eigenvalue weighted by Crippen LogP contribution is -2.21. The van der Waals surface area contributed by atoms with Crippen LogP contribution in [-0.4, -0.2) is 21.3 Å². The van der Waals surface area contributed by atoms with Crippen molar-refractivity contribution < 1.29 is 14.2 Å². The molecule has 1 atom stereocenters. The van der Waals surface area contributed by atoms with Crippen LogP contribution in [0.2, 0.25) is 0 Å². The Balaban J connectivity index is 2.17. The molecule has 0 spiro atoms. The minimum atomic E-state index is 0.329. The average molecular weight is 329 g/mol. The van der Waals surface area contributed by atoms with E-state index in [0.29, 0.717) is 23.3 Å². The molecule has 2 rings (SSSR count). The molecule has 4 heteroatoms. The van der Waals surface area contributed by atoms with Gasteiger partial charge in [-0.05, 0) is 29.7 Å². The van der Waals surface area contributed by atoms with E-state index in [4.69, 9.17) is 14.2 Å². The zero-order chi connectivity index (χ0) is 17.4. The Labute approximate surface area is 144 Å². The van der Waals surface area contributed by atoms with Crippen LogP contribution in [0, 0.1) is 0 Å². The molecule has 1 N–H and O–H groups in total. The molecule has 2 aromatic carbocycles. The Hall–Kier alpha value is -2.20. The van der Waals surface area contributed by atoms with Gasteiger partial charge >= 0.3 is 0 Å². The second-order valence-electron chi connectivity index (χ2n) is 5.67. The molecule has 0 aromatic heterocycles. The zero-order valence-corrected chi connectivity index (χ0v) is 15.0. The average Bonchev–Trinajstić information content (AvgIpc) is 2.64. The fourth-order valence-corrected chi connectivity index (χ4v) is 2.84. The van der Waals surface area contributed by atoms with Gasteiger partial charge in [0.2, 0.25) is 5.75 Å². The Morgan fingerprint density at radius 2 is 1.54 bits per heavy atom. The number of nitrogens with one attached hydrogen (secondary N) is 1. The van der Waals surface area contributed by atoms with Crippen molar-refractivity contribution >= 4 is 0 Å². The van der Waals surface area contributed by atoms with Gasteiger partial charge in [-0.1, -0.05) is 43.7 Å². The van der Waals surface area contributed by atoms with E-state index in [9.17, 15) is 0 Å². The van der Waals surface area contributed by atoms with Crippen LogP contribution >= 0.6 is 0 Å². The summed E-state index contributed by atoms with van der Waals surface area (Å²) in [5, 5.41) is 3.64. The van der Waals surface area contributed by atoms with Gasteiger partial charge < -0.3 is 19.5 Å². The molecule has 0 aliphatic carbocycles. The van der Waals surface area contributed by atoms with Crippen molar-refractivity contribution in [2.45, 2.75) is 32.4 Å². The normalized spacial score (nSPS) is 11.8. The van der Waals surface area contributed by atoms with Crippen LogP contribution < -0.4 is 19.5 Å². The highest BCUT2D eigenvalue weighted by molar-refractivity contribution is 5.53. The summed E-state index contributed by atoms with van der Waals surface area (Å²) in [6.45, 7) is 2.94. The minimum Gasteiger partial charge on any atom is -0.493 e. The van der Waals surface area contributed by atoms with Crippen molar-refractivity contribution in [3.63, 3.8) is 0 Å². The van der Waals surface area contributed by atoms with Gasteiger partial charge in [0.25, 0.3) is 0 Å². The summed E-state index contributed by atoms with van der Waals surface area (Å²) in [6, 6.07) is 14.9. The highest BCUT2D eigenvalue weighted by Gasteiger charge is 2.15. The molecule has 0 bridgehead atoms. The summed E-state index contributed by atoms with van der Waals surface area (Å²) in [6.07, 6.45) is 2.22. The molecule has 0 radical (unpaired) electrons. The molecule has 0 amide bonds. The van der Waals surface area contributed by atoms with Crippen LogP contribution in [0.1, 0.15) is 36.9 Å². The van der Waals surface area contributed by atoms with Crippen molar-refractivity contribution in [3.8, 4) is 17.2 Å². The number of methoxy groups -OCH3 is 3. The fourth-order valence-electron chi connectivity index (χ4n) is 2.84. The maximum atomic E-state index is 5.43. The van der Waals surface area contributed by atoms with Crippen molar-refractivity contribution in [3.05, 3.63) is 53.6 Å². The molecular weight excluding hydrogens is 302 g/mol. The van der Waals surface area contributed by atoms with E-state index >= 15 is 0 Å². The minimum absolute atomic E-state index is 0.329. The Morgan fingerprint density at radius 1 is 0.917 bits per heavy atom. The van der Waals surface area contributed by atoms with E-state index in [0.717, 1.165) is 24.9 Å². The first-order chi connectivity index (χ1) is 11.7. The van der Waals surface area contributed by atoms with E-state index in [1.165, 1.54) is 5.56 Å². The highest BCUT2D eigenvalue weighted by Crippen LogP contribution is 2.38. The summed E-state index contributed by atoms with van der Waals surface area (Å²) in [5.41, 5.74) is 2.41. The number of benzene rings is 2. The quantitative estimate of drug-likeness (QED) is 0.743. The number of hydrogen-bond acceptors (Lipinski definition) is 4. The molecule has 4 nitrogen and oxygen atoms in total. The molecule has 0 aliphatic rings. The Bertz CT molecular complexity index is 603. The molecule has 130 valence electrons. The molecule has 24 heavy (non-hydrogen) atoms. The molecular formula is C20H27NO3. The molecule has 0 fully saturated rings. The van der Waals surface area contributed by atoms with Crippen molar-refractivity contribution in [1.82, 2.24) is 5.32 Å². The smallest absolute Gasteiger partial charge is 0.203 e. The van der Waals surface area contributed by atoms with E-state index < -0.39 is 0 Å². The zero-order valence-electron chi connectivity index (χ0n) is 15.0. The van der Waals surface area contributed by atoms with Gasteiger partial charge in [-0.3, -0.25) is 0 Å². The molecule has 0 saturated carbocycles.